The Labute approximate surface area is 284 Å². The lowest BCUT2D eigenvalue weighted by Crippen LogP contribution is -2.43. The van der Waals surface area contributed by atoms with Crippen LogP contribution in [0.3, 0.4) is 0 Å². The summed E-state index contributed by atoms with van der Waals surface area (Å²) in [6, 6.07) is 22.8. The molecule has 240 valence electrons. The maximum atomic E-state index is 14.4. The largest absolute Gasteiger partial charge is 0.496 e. The zero-order valence-corrected chi connectivity index (χ0v) is 28.8. The van der Waals surface area contributed by atoms with E-state index in [1.807, 2.05) is 81.4 Å². The number of fused-ring (bicyclic) bond motifs is 2. The molecule has 7 nitrogen and oxygen atoms in total. The van der Waals surface area contributed by atoms with E-state index in [0.717, 1.165) is 27.5 Å². The number of aromatic nitrogens is 1. The number of nitrogens with zero attached hydrogens (tertiary/aromatic N) is 3. The molecule has 1 aromatic heterocycles. The maximum Gasteiger partial charge on any atom is 0.271 e. The first-order chi connectivity index (χ1) is 22.7. The van der Waals surface area contributed by atoms with Gasteiger partial charge in [-0.1, -0.05) is 59.9 Å². The van der Waals surface area contributed by atoms with Crippen molar-refractivity contribution in [2.45, 2.75) is 33.4 Å². The number of methoxy groups -OCH3 is 1. The van der Waals surface area contributed by atoms with Gasteiger partial charge in [-0.3, -0.25) is 14.2 Å². The lowest BCUT2D eigenvalue weighted by Gasteiger charge is -2.30. The minimum Gasteiger partial charge on any atom is -0.496 e. The molecule has 6 rings (SSSR count). The van der Waals surface area contributed by atoms with Crippen LogP contribution in [0.15, 0.2) is 104 Å². The highest BCUT2D eigenvalue weighted by Crippen LogP contribution is 2.40. The number of benzene rings is 4. The van der Waals surface area contributed by atoms with Gasteiger partial charge in [-0.15, -0.1) is 0 Å². The van der Waals surface area contributed by atoms with Crippen LogP contribution in [0, 0.1) is 5.82 Å². The molecule has 1 aliphatic heterocycles. The number of likely N-dealkylation sites (N-methyl/N-ethyl adjacent to an activating group) is 1. The quantitative estimate of drug-likeness (QED) is 0.170. The smallest absolute Gasteiger partial charge is 0.271 e. The molecule has 0 bridgehead atoms. The van der Waals surface area contributed by atoms with E-state index in [0.29, 0.717) is 49.7 Å². The molecule has 1 amide bonds. The van der Waals surface area contributed by atoms with Crippen molar-refractivity contribution in [2.75, 3.05) is 20.2 Å². The molecule has 4 aromatic carbocycles. The summed E-state index contributed by atoms with van der Waals surface area (Å²) >= 11 is 4.87. The molecule has 0 saturated heterocycles. The van der Waals surface area contributed by atoms with Gasteiger partial charge in [-0.2, -0.15) is 0 Å². The molecule has 1 atom stereocenters. The average molecular weight is 715 g/mol. The second-order valence-electron chi connectivity index (χ2n) is 11.1. The van der Waals surface area contributed by atoms with E-state index in [4.69, 9.17) is 14.5 Å². The van der Waals surface area contributed by atoms with Crippen molar-refractivity contribution in [3.05, 3.63) is 137 Å². The molecule has 5 aromatic rings. The van der Waals surface area contributed by atoms with Crippen molar-refractivity contribution in [3.8, 4) is 11.5 Å². The van der Waals surface area contributed by atoms with Gasteiger partial charge in [0.05, 0.1) is 27.4 Å². The number of allylic oxidation sites excluding steroid dienone is 1. The van der Waals surface area contributed by atoms with Gasteiger partial charge in [-0.25, -0.2) is 9.38 Å². The van der Waals surface area contributed by atoms with Gasteiger partial charge in [0.25, 0.3) is 11.5 Å². The summed E-state index contributed by atoms with van der Waals surface area (Å²) in [7, 11) is 1.60. The molecular weight excluding hydrogens is 681 g/mol. The Morgan fingerprint density at radius 3 is 2.47 bits per heavy atom. The highest BCUT2D eigenvalue weighted by molar-refractivity contribution is 9.10. The predicted molar refractivity (Wildman–Crippen MR) is 187 cm³/mol. The van der Waals surface area contributed by atoms with Gasteiger partial charge < -0.3 is 14.4 Å². The van der Waals surface area contributed by atoms with E-state index < -0.39 is 6.04 Å². The SMILES string of the molecule is CCN(CC)C(=O)C1=C(C)N=c2s/c(=C/c3ccc(OCc4ccc(F)cc4)c(Br)c3)c(=O)n2[C@H]1c1c(OC)ccc2ccccc12. The number of carbonyl (C=O) groups is 1. The van der Waals surface area contributed by atoms with Crippen molar-refractivity contribution in [3.63, 3.8) is 0 Å². The molecule has 2 heterocycles. The topological polar surface area (TPSA) is 73.1 Å². The fourth-order valence-electron chi connectivity index (χ4n) is 5.90. The number of hydrogen-bond acceptors (Lipinski definition) is 6. The zero-order chi connectivity index (χ0) is 33.2. The first-order valence-corrected chi connectivity index (χ1v) is 16.9. The Balaban J connectivity index is 1.47. The average Bonchev–Trinajstić information content (AvgIpc) is 3.38. The van der Waals surface area contributed by atoms with Crippen LogP contribution in [0.5, 0.6) is 11.5 Å². The predicted octanol–water partition coefficient (Wildman–Crippen LogP) is 6.75. The molecule has 0 spiro atoms. The van der Waals surface area contributed by atoms with Crippen LogP contribution in [-0.4, -0.2) is 35.6 Å². The standard InChI is InChI=1S/C37H33BrFN3O4S/c1-5-41(6-2)36(44)32-22(3)40-37-42(34(32)33-27-10-8-7-9-25(27)14-18-30(33)45-4)35(43)31(47-37)20-24-13-17-29(28(38)19-24)46-21-23-11-15-26(39)16-12-23/h7-20,34H,5-6,21H2,1-4H3/b31-20+/t34-/m1/s1. The van der Waals surface area contributed by atoms with Gasteiger partial charge >= 0.3 is 0 Å². The fraction of sp³-hybridized carbons (Fsp3) is 0.216. The van der Waals surface area contributed by atoms with Crippen molar-refractivity contribution in [2.24, 2.45) is 4.99 Å². The molecular formula is C37H33BrFN3O4S. The van der Waals surface area contributed by atoms with Crippen molar-refractivity contribution in [1.82, 2.24) is 9.47 Å². The molecule has 0 aliphatic carbocycles. The number of rotatable bonds is 9. The van der Waals surface area contributed by atoms with Gasteiger partial charge in [-0.05, 0) is 95.0 Å². The van der Waals surface area contributed by atoms with Crippen LogP contribution >= 0.6 is 27.3 Å². The van der Waals surface area contributed by atoms with Gasteiger partial charge in [0.2, 0.25) is 0 Å². The summed E-state index contributed by atoms with van der Waals surface area (Å²) in [5.41, 5.74) is 3.14. The second-order valence-corrected chi connectivity index (χ2v) is 12.9. The van der Waals surface area contributed by atoms with Crippen LogP contribution < -0.4 is 24.4 Å². The third kappa shape index (κ3) is 6.27. The zero-order valence-electron chi connectivity index (χ0n) is 26.4. The lowest BCUT2D eigenvalue weighted by molar-refractivity contribution is -0.127. The number of amides is 1. The molecule has 0 fully saturated rings. The summed E-state index contributed by atoms with van der Waals surface area (Å²) in [6.07, 6.45) is 1.82. The number of thiazole rings is 1. The van der Waals surface area contributed by atoms with Gasteiger partial charge in [0, 0.05) is 18.7 Å². The Hall–Kier alpha value is -4.54. The highest BCUT2D eigenvalue weighted by atomic mass is 79.9. The van der Waals surface area contributed by atoms with Crippen molar-refractivity contribution in [1.29, 1.82) is 0 Å². The van der Waals surface area contributed by atoms with Gasteiger partial charge in [0.1, 0.15) is 30.0 Å². The van der Waals surface area contributed by atoms with E-state index in [-0.39, 0.29) is 23.9 Å². The van der Waals surface area contributed by atoms with E-state index in [9.17, 15) is 14.0 Å². The third-order valence-corrected chi connectivity index (χ3v) is 9.89. The minimum atomic E-state index is -0.753. The van der Waals surface area contributed by atoms with Crippen molar-refractivity contribution >= 4 is 50.0 Å². The van der Waals surface area contributed by atoms with E-state index in [1.165, 1.54) is 23.5 Å². The van der Waals surface area contributed by atoms with E-state index >= 15 is 0 Å². The maximum absolute atomic E-state index is 14.4. The third-order valence-electron chi connectivity index (χ3n) is 8.29. The first kappa shape index (κ1) is 32.4. The Morgan fingerprint density at radius 2 is 1.77 bits per heavy atom. The molecule has 0 radical (unpaired) electrons. The van der Waals surface area contributed by atoms with Gasteiger partial charge in [0.15, 0.2) is 4.80 Å². The second kappa shape index (κ2) is 13.7. The normalized spacial score (nSPS) is 14.6. The summed E-state index contributed by atoms with van der Waals surface area (Å²) in [4.78, 5) is 35.6. The fourth-order valence-corrected chi connectivity index (χ4v) is 7.46. The van der Waals surface area contributed by atoms with Crippen LogP contribution in [0.2, 0.25) is 0 Å². The van der Waals surface area contributed by atoms with Crippen molar-refractivity contribution < 1.29 is 18.7 Å². The number of halogens is 2. The summed E-state index contributed by atoms with van der Waals surface area (Å²) < 4.78 is 27.9. The van der Waals surface area contributed by atoms with Crippen LogP contribution in [0.4, 0.5) is 4.39 Å². The number of hydrogen-bond donors (Lipinski definition) is 0. The van der Waals surface area contributed by atoms with E-state index in [1.54, 1.807) is 28.7 Å². The Kier molecular flexibility index (Phi) is 9.42. The molecule has 47 heavy (non-hydrogen) atoms. The van der Waals surface area contributed by atoms with Crippen LogP contribution in [-0.2, 0) is 11.4 Å². The molecule has 10 heteroatoms. The highest BCUT2D eigenvalue weighted by Gasteiger charge is 2.36. The molecule has 1 aliphatic rings. The Bertz CT molecular complexity index is 2200. The van der Waals surface area contributed by atoms with E-state index in [2.05, 4.69) is 15.9 Å². The lowest BCUT2D eigenvalue weighted by atomic mass is 9.90. The van der Waals surface area contributed by atoms with Crippen LogP contribution in [0.25, 0.3) is 16.8 Å². The molecule has 0 saturated carbocycles. The molecule has 0 N–H and O–H groups in total. The molecule has 0 unspecified atom stereocenters. The number of carbonyl (C=O) groups excluding carboxylic acids is 1. The number of ether oxygens (including phenoxy) is 2. The summed E-state index contributed by atoms with van der Waals surface area (Å²) in [6.45, 7) is 7.04. The summed E-state index contributed by atoms with van der Waals surface area (Å²) in [5.74, 6) is 0.744. The summed E-state index contributed by atoms with van der Waals surface area (Å²) in [5, 5.41) is 1.87. The monoisotopic (exact) mass is 713 g/mol. The minimum absolute atomic E-state index is 0.161. The Morgan fingerprint density at radius 1 is 1.04 bits per heavy atom. The van der Waals surface area contributed by atoms with Crippen LogP contribution in [0.1, 0.15) is 43.5 Å². The first-order valence-electron chi connectivity index (χ1n) is 15.3.